The summed E-state index contributed by atoms with van der Waals surface area (Å²) in [6.45, 7) is 1.44. The molecule has 2 amide bonds. The van der Waals surface area contributed by atoms with Crippen LogP contribution in [0.4, 0.5) is 0 Å². The zero-order valence-electron chi connectivity index (χ0n) is 6.73. The average molecular weight is 179 g/mol. The van der Waals surface area contributed by atoms with Crippen LogP contribution < -0.4 is 0 Å². The standard InChI is InChI=1S/C8H5NO4/c1-2-3-8(12)13-9-6(10)4-5-7(9)11/h4-5H,1H3. The summed E-state index contributed by atoms with van der Waals surface area (Å²) >= 11 is 0. The summed E-state index contributed by atoms with van der Waals surface area (Å²) in [4.78, 5) is 36.7. The van der Waals surface area contributed by atoms with Crippen molar-refractivity contribution in [1.82, 2.24) is 5.06 Å². The van der Waals surface area contributed by atoms with Gasteiger partial charge in [-0.15, -0.1) is 0 Å². The molecule has 0 aromatic heterocycles. The van der Waals surface area contributed by atoms with Crippen LogP contribution in [-0.4, -0.2) is 22.8 Å². The number of hydrogen-bond donors (Lipinski definition) is 0. The fourth-order valence-corrected chi connectivity index (χ4v) is 0.684. The van der Waals surface area contributed by atoms with Gasteiger partial charge in [-0.3, -0.25) is 9.59 Å². The SMILES string of the molecule is CC#CC(=O)ON1C(=O)C=CC1=O. The molecule has 0 N–H and O–H groups in total. The first-order chi connectivity index (χ1) is 6.15. The summed E-state index contributed by atoms with van der Waals surface area (Å²) in [6.07, 6.45) is 2.02. The van der Waals surface area contributed by atoms with Crippen LogP contribution in [0.5, 0.6) is 0 Å². The zero-order valence-corrected chi connectivity index (χ0v) is 6.73. The number of carbonyl (C=O) groups is 3. The van der Waals surface area contributed by atoms with Crippen LogP contribution in [0.15, 0.2) is 12.2 Å². The topological polar surface area (TPSA) is 63.7 Å². The van der Waals surface area contributed by atoms with Gasteiger partial charge < -0.3 is 4.84 Å². The van der Waals surface area contributed by atoms with E-state index in [4.69, 9.17) is 0 Å². The van der Waals surface area contributed by atoms with Crippen LogP contribution in [-0.2, 0) is 19.2 Å². The van der Waals surface area contributed by atoms with Crippen molar-refractivity contribution in [1.29, 1.82) is 0 Å². The Morgan fingerprint density at radius 3 is 2.38 bits per heavy atom. The van der Waals surface area contributed by atoms with Crippen molar-refractivity contribution < 1.29 is 19.2 Å². The fraction of sp³-hybridized carbons (Fsp3) is 0.125. The molecular weight excluding hydrogens is 174 g/mol. The minimum atomic E-state index is -0.937. The van der Waals surface area contributed by atoms with Crippen molar-refractivity contribution in [2.75, 3.05) is 0 Å². The van der Waals surface area contributed by atoms with Crippen LogP contribution in [0.2, 0.25) is 0 Å². The summed E-state index contributed by atoms with van der Waals surface area (Å²) in [7, 11) is 0. The van der Waals surface area contributed by atoms with E-state index in [-0.39, 0.29) is 0 Å². The van der Waals surface area contributed by atoms with Crippen LogP contribution in [0.25, 0.3) is 0 Å². The first kappa shape index (κ1) is 9.00. The highest BCUT2D eigenvalue weighted by Gasteiger charge is 2.27. The second-order valence-electron chi connectivity index (χ2n) is 2.06. The second-order valence-corrected chi connectivity index (χ2v) is 2.06. The van der Waals surface area contributed by atoms with Gasteiger partial charge in [0.05, 0.1) is 0 Å². The smallest absolute Gasteiger partial charge is 0.317 e. The monoisotopic (exact) mass is 179 g/mol. The van der Waals surface area contributed by atoms with Gasteiger partial charge in [0.2, 0.25) is 0 Å². The number of carbonyl (C=O) groups excluding carboxylic acids is 3. The van der Waals surface area contributed by atoms with Crippen LogP contribution in [0.3, 0.4) is 0 Å². The Labute approximate surface area is 73.9 Å². The second kappa shape index (κ2) is 3.54. The van der Waals surface area contributed by atoms with Crippen molar-refractivity contribution in [3.05, 3.63) is 12.2 Å². The Hall–Kier alpha value is -2.09. The van der Waals surface area contributed by atoms with E-state index in [1.54, 1.807) is 0 Å². The molecule has 0 radical (unpaired) electrons. The molecule has 1 aliphatic rings. The van der Waals surface area contributed by atoms with Crippen molar-refractivity contribution in [2.45, 2.75) is 6.92 Å². The number of imide groups is 1. The van der Waals surface area contributed by atoms with E-state index >= 15 is 0 Å². The molecule has 0 fully saturated rings. The molecule has 0 saturated heterocycles. The van der Waals surface area contributed by atoms with E-state index in [0.29, 0.717) is 5.06 Å². The Morgan fingerprint density at radius 2 is 1.92 bits per heavy atom. The third-order valence-electron chi connectivity index (χ3n) is 1.17. The fourth-order valence-electron chi connectivity index (χ4n) is 0.684. The maximum Gasteiger partial charge on any atom is 0.409 e. The lowest BCUT2D eigenvalue weighted by Gasteiger charge is -2.09. The van der Waals surface area contributed by atoms with Gasteiger partial charge in [-0.05, 0) is 6.92 Å². The molecule has 13 heavy (non-hydrogen) atoms. The molecule has 1 rings (SSSR count). The molecular formula is C8H5NO4. The van der Waals surface area contributed by atoms with E-state index < -0.39 is 17.8 Å². The van der Waals surface area contributed by atoms with E-state index in [9.17, 15) is 14.4 Å². The van der Waals surface area contributed by atoms with Crippen LogP contribution >= 0.6 is 0 Å². The summed E-state index contributed by atoms with van der Waals surface area (Å²) in [5, 5.41) is 0.354. The van der Waals surface area contributed by atoms with E-state index in [0.717, 1.165) is 12.2 Å². The Morgan fingerprint density at radius 1 is 1.38 bits per heavy atom. The molecule has 0 saturated carbocycles. The van der Waals surface area contributed by atoms with Gasteiger partial charge in [0.15, 0.2) is 0 Å². The molecule has 5 heteroatoms. The third kappa shape index (κ3) is 1.93. The molecule has 0 aromatic carbocycles. The average Bonchev–Trinajstić information content (AvgIpc) is 2.36. The predicted octanol–water partition coefficient (Wildman–Crippen LogP) is -0.607. The van der Waals surface area contributed by atoms with Gasteiger partial charge in [-0.2, -0.15) is 0 Å². The molecule has 1 heterocycles. The molecule has 0 bridgehead atoms. The zero-order chi connectivity index (χ0) is 9.84. The Bertz CT molecular complexity index is 340. The summed E-state index contributed by atoms with van der Waals surface area (Å²) < 4.78 is 0. The van der Waals surface area contributed by atoms with E-state index in [1.807, 2.05) is 5.92 Å². The molecule has 1 aliphatic heterocycles. The minimum Gasteiger partial charge on any atom is -0.317 e. The van der Waals surface area contributed by atoms with Gasteiger partial charge in [-0.1, -0.05) is 11.0 Å². The molecule has 0 unspecified atom stereocenters. The number of amides is 2. The molecule has 5 nitrogen and oxygen atoms in total. The lowest BCUT2D eigenvalue weighted by Crippen LogP contribution is -2.32. The molecule has 0 aliphatic carbocycles. The van der Waals surface area contributed by atoms with Gasteiger partial charge in [-0.25, -0.2) is 4.79 Å². The van der Waals surface area contributed by atoms with Gasteiger partial charge >= 0.3 is 5.97 Å². The Balaban J connectivity index is 2.64. The lowest BCUT2D eigenvalue weighted by atomic mass is 10.6. The van der Waals surface area contributed by atoms with Gasteiger partial charge in [0.1, 0.15) is 0 Å². The number of rotatable bonds is 1. The summed E-state index contributed by atoms with van der Waals surface area (Å²) in [6, 6.07) is 0. The summed E-state index contributed by atoms with van der Waals surface area (Å²) in [5.41, 5.74) is 0. The first-order valence-electron chi connectivity index (χ1n) is 3.36. The number of nitrogens with zero attached hydrogens (tertiary/aromatic N) is 1. The van der Waals surface area contributed by atoms with Crippen molar-refractivity contribution in [3.8, 4) is 11.8 Å². The van der Waals surface area contributed by atoms with Gasteiger partial charge in [0, 0.05) is 18.1 Å². The summed E-state index contributed by atoms with van der Waals surface area (Å²) in [5.74, 6) is 2.00. The minimum absolute atomic E-state index is 0.354. The first-order valence-corrected chi connectivity index (χ1v) is 3.36. The molecule has 0 aromatic rings. The van der Waals surface area contributed by atoms with E-state index in [1.165, 1.54) is 6.92 Å². The molecule has 66 valence electrons. The maximum atomic E-state index is 10.8. The van der Waals surface area contributed by atoms with Gasteiger partial charge in [0.25, 0.3) is 11.8 Å². The maximum absolute atomic E-state index is 10.8. The Kier molecular flexibility index (Phi) is 2.45. The van der Waals surface area contributed by atoms with Crippen LogP contribution in [0, 0.1) is 11.8 Å². The highest BCUT2D eigenvalue weighted by Crippen LogP contribution is 2.03. The normalized spacial score (nSPS) is 14.1. The van der Waals surface area contributed by atoms with E-state index in [2.05, 4.69) is 10.8 Å². The molecule has 0 spiro atoms. The lowest BCUT2D eigenvalue weighted by molar-refractivity contribution is -0.191. The van der Waals surface area contributed by atoms with Crippen molar-refractivity contribution in [2.24, 2.45) is 0 Å². The van der Waals surface area contributed by atoms with Crippen molar-refractivity contribution in [3.63, 3.8) is 0 Å². The highest BCUT2D eigenvalue weighted by molar-refractivity contribution is 6.12. The third-order valence-corrected chi connectivity index (χ3v) is 1.17. The highest BCUT2D eigenvalue weighted by atomic mass is 16.7. The number of hydroxylamine groups is 2. The number of hydrogen-bond acceptors (Lipinski definition) is 4. The van der Waals surface area contributed by atoms with Crippen LogP contribution in [0.1, 0.15) is 6.92 Å². The van der Waals surface area contributed by atoms with Crippen molar-refractivity contribution >= 4 is 17.8 Å². The largest absolute Gasteiger partial charge is 0.409 e. The quantitative estimate of drug-likeness (QED) is 0.398. The predicted molar refractivity (Wildman–Crippen MR) is 40.5 cm³/mol. The molecule has 0 atom stereocenters.